The van der Waals surface area contributed by atoms with Gasteiger partial charge >= 0.3 is 0 Å². The molecule has 1 saturated carbocycles. The first-order valence-corrected chi connectivity index (χ1v) is 12.1. The van der Waals surface area contributed by atoms with Crippen molar-refractivity contribution in [2.45, 2.75) is 96.8 Å². The van der Waals surface area contributed by atoms with E-state index in [2.05, 4.69) is 20.8 Å². The van der Waals surface area contributed by atoms with Gasteiger partial charge in [-0.15, -0.1) is 0 Å². The van der Waals surface area contributed by atoms with E-state index in [0.29, 0.717) is 17.0 Å². The molecule has 1 aliphatic carbocycles. The van der Waals surface area contributed by atoms with Gasteiger partial charge in [0.05, 0.1) is 0 Å². The molecule has 30 heavy (non-hydrogen) atoms. The monoisotopic (exact) mass is 412 g/mol. The van der Waals surface area contributed by atoms with Crippen LogP contribution in [0.3, 0.4) is 0 Å². The van der Waals surface area contributed by atoms with E-state index in [-0.39, 0.29) is 5.92 Å². The second-order valence-electron chi connectivity index (χ2n) is 9.53. The fourth-order valence-corrected chi connectivity index (χ4v) is 4.95. The highest BCUT2D eigenvalue weighted by molar-refractivity contribution is 5.65. The van der Waals surface area contributed by atoms with Crippen molar-refractivity contribution >= 4 is 0 Å². The van der Waals surface area contributed by atoms with Crippen LogP contribution in [-0.2, 0) is 0 Å². The van der Waals surface area contributed by atoms with Crippen molar-refractivity contribution in [2.24, 2.45) is 5.92 Å². The topological polar surface area (TPSA) is 0 Å². The molecule has 0 aliphatic heterocycles. The Hall–Kier alpha value is -1.70. The average molecular weight is 413 g/mol. The lowest BCUT2D eigenvalue weighted by molar-refractivity contribution is 0.297. The molecule has 0 atom stereocenters. The van der Waals surface area contributed by atoms with Crippen LogP contribution >= 0.6 is 0 Å². The van der Waals surface area contributed by atoms with Crippen molar-refractivity contribution in [3.63, 3.8) is 0 Å². The third kappa shape index (κ3) is 5.71. The third-order valence-electron chi connectivity index (χ3n) is 7.00. The Kier molecular flexibility index (Phi) is 8.48. The van der Waals surface area contributed by atoms with Gasteiger partial charge < -0.3 is 0 Å². The molecular formula is C28H38F2. The summed E-state index contributed by atoms with van der Waals surface area (Å²) in [6.45, 7) is 6.51. The van der Waals surface area contributed by atoms with Gasteiger partial charge in [-0.25, -0.2) is 8.78 Å². The van der Waals surface area contributed by atoms with Gasteiger partial charge in [0, 0.05) is 5.56 Å². The van der Waals surface area contributed by atoms with E-state index in [1.165, 1.54) is 44.1 Å². The van der Waals surface area contributed by atoms with Gasteiger partial charge in [-0.3, -0.25) is 0 Å². The highest BCUT2D eigenvalue weighted by Crippen LogP contribution is 2.40. The van der Waals surface area contributed by atoms with Crippen LogP contribution in [-0.4, -0.2) is 0 Å². The minimum Gasteiger partial charge on any atom is -0.203 e. The van der Waals surface area contributed by atoms with Crippen molar-refractivity contribution < 1.29 is 8.78 Å². The van der Waals surface area contributed by atoms with E-state index < -0.39 is 11.6 Å². The van der Waals surface area contributed by atoms with Gasteiger partial charge in [-0.2, -0.15) is 0 Å². The Morgan fingerprint density at radius 2 is 1.47 bits per heavy atom. The molecule has 2 aromatic rings. The lowest BCUT2D eigenvalue weighted by Crippen LogP contribution is -2.15. The summed E-state index contributed by atoms with van der Waals surface area (Å²) in [6.07, 6.45) is 12.2. The fourth-order valence-electron chi connectivity index (χ4n) is 4.95. The molecule has 0 saturated heterocycles. The average Bonchev–Trinajstić information content (AvgIpc) is 2.76. The molecule has 164 valence electrons. The normalized spacial score (nSPS) is 19.4. The first-order chi connectivity index (χ1) is 14.5. The minimum absolute atomic E-state index is 0.160. The second kappa shape index (κ2) is 11.1. The first-order valence-electron chi connectivity index (χ1n) is 12.1. The van der Waals surface area contributed by atoms with Crippen molar-refractivity contribution in [1.29, 1.82) is 0 Å². The molecule has 0 spiro atoms. The Morgan fingerprint density at radius 3 is 2.10 bits per heavy atom. The first kappa shape index (κ1) is 23.0. The van der Waals surface area contributed by atoms with Crippen LogP contribution in [0.2, 0.25) is 0 Å². The number of halogens is 2. The molecule has 2 heteroatoms. The van der Waals surface area contributed by atoms with Crippen molar-refractivity contribution in [2.75, 3.05) is 0 Å². The number of rotatable bonds is 9. The zero-order valence-corrected chi connectivity index (χ0v) is 19.0. The van der Waals surface area contributed by atoms with Gasteiger partial charge in [-0.05, 0) is 60.1 Å². The molecule has 0 nitrogen and oxygen atoms in total. The van der Waals surface area contributed by atoms with Crippen molar-refractivity contribution in [3.8, 4) is 11.1 Å². The highest BCUT2D eigenvalue weighted by atomic mass is 19.2. The SMILES string of the molecule is CCCCCCCC1CCC(c2ccc(-c3ccc(C(C)C)cc3)c(F)c2F)CC1. The van der Waals surface area contributed by atoms with Crippen LogP contribution < -0.4 is 0 Å². The Bertz CT molecular complexity index is 783. The molecule has 0 aromatic heterocycles. The van der Waals surface area contributed by atoms with Gasteiger partial charge in [0.15, 0.2) is 11.6 Å². The Morgan fingerprint density at radius 1 is 0.800 bits per heavy atom. The largest absolute Gasteiger partial charge is 0.203 e. The van der Waals surface area contributed by atoms with E-state index >= 15 is 0 Å². The van der Waals surface area contributed by atoms with E-state index in [1.54, 1.807) is 6.07 Å². The fraction of sp³-hybridized carbons (Fsp3) is 0.571. The van der Waals surface area contributed by atoms with Crippen LogP contribution in [0.25, 0.3) is 11.1 Å². The van der Waals surface area contributed by atoms with E-state index in [4.69, 9.17) is 0 Å². The van der Waals surface area contributed by atoms with E-state index in [9.17, 15) is 8.78 Å². The molecule has 0 unspecified atom stereocenters. The van der Waals surface area contributed by atoms with E-state index in [1.807, 2.05) is 30.3 Å². The highest BCUT2D eigenvalue weighted by Gasteiger charge is 2.26. The summed E-state index contributed by atoms with van der Waals surface area (Å²) >= 11 is 0. The molecular weight excluding hydrogens is 374 g/mol. The molecule has 3 rings (SSSR count). The summed E-state index contributed by atoms with van der Waals surface area (Å²) in [5.41, 5.74) is 2.90. The lowest BCUT2D eigenvalue weighted by Gasteiger charge is -2.29. The maximum Gasteiger partial charge on any atom is 0.166 e. The van der Waals surface area contributed by atoms with Crippen LogP contribution in [0.5, 0.6) is 0 Å². The summed E-state index contributed by atoms with van der Waals surface area (Å²) in [5, 5.41) is 0. The maximum absolute atomic E-state index is 15.0. The lowest BCUT2D eigenvalue weighted by atomic mass is 9.76. The molecule has 2 aromatic carbocycles. The zero-order chi connectivity index (χ0) is 21.5. The molecule has 0 radical (unpaired) electrons. The summed E-state index contributed by atoms with van der Waals surface area (Å²) in [5.74, 6) is 0.0310. The summed E-state index contributed by atoms with van der Waals surface area (Å²) < 4.78 is 29.9. The van der Waals surface area contributed by atoms with Crippen LogP contribution in [0.1, 0.15) is 108 Å². The smallest absolute Gasteiger partial charge is 0.166 e. The van der Waals surface area contributed by atoms with Gasteiger partial charge in [0.25, 0.3) is 0 Å². The molecule has 1 fully saturated rings. The van der Waals surface area contributed by atoms with Gasteiger partial charge in [-0.1, -0.05) is 95.7 Å². The van der Waals surface area contributed by atoms with E-state index in [0.717, 1.165) is 37.2 Å². The molecule has 1 aliphatic rings. The summed E-state index contributed by atoms with van der Waals surface area (Å²) in [7, 11) is 0. The van der Waals surface area contributed by atoms with Crippen LogP contribution in [0.4, 0.5) is 8.78 Å². The predicted octanol–water partition coefficient (Wildman–Crippen LogP) is 9.39. The molecule has 0 bridgehead atoms. The molecule has 0 amide bonds. The Balaban J connectivity index is 1.61. The van der Waals surface area contributed by atoms with Gasteiger partial charge in [0.2, 0.25) is 0 Å². The number of hydrogen-bond donors (Lipinski definition) is 0. The number of unbranched alkanes of at least 4 members (excludes halogenated alkanes) is 4. The van der Waals surface area contributed by atoms with Crippen LogP contribution in [0, 0.1) is 17.6 Å². The number of benzene rings is 2. The van der Waals surface area contributed by atoms with Gasteiger partial charge in [0.1, 0.15) is 0 Å². The summed E-state index contributed by atoms with van der Waals surface area (Å²) in [6, 6.07) is 11.4. The zero-order valence-electron chi connectivity index (χ0n) is 19.0. The standard InChI is InChI=1S/C28H38F2/c1-4-5-6-7-8-9-21-10-12-23(13-11-21)25-18-19-26(28(30)27(25)29)24-16-14-22(15-17-24)20(2)3/h14-21,23H,4-13H2,1-3H3. The van der Waals surface area contributed by atoms with Crippen molar-refractivity contribution in [3.05, 3.63) is 59.2 Å². The Labute approximate surface area is 182 Å². The van der Waals surface area contributed by atoms with Crippen LogP contribution in [0.15, 0.2) is 36.4 Å². The minimum atomic E-state index is -0.692. The third-order valence-corrected chi connectivity index (χ3v) is 7.00. The molecule has 0 heterocycles. The second-order valence-corrected chi connectivity index (χ2v) is 9.53. The predicted molar refractivity (Wildman–Crippen MR) is 124 cm³/mol. The summed E-state index contributed by atoms with van der Waals surface area (Å²) in [4.78, 5) is 0. The van der Waals surface area contributed by atoms with Crippen molar-refractivity contribution in [1.82, 2.24) is 0 Å². The number of hydrogen-bond acceptors (Lipinski definition) is 0. The molecule has 0 N–H and O–H groups in total. The quantitative estimate of drug-likeness (QED) is 0.360. The maximum atomic E-state index is 15.0.